The normalized spacial score (nSPS) is 9.91. The summed E-state index contributed by atoms with van der Waals surface area (Å²) in [6, 6.07) is 12.3. The first-order chi connectivity index (χ1) is 10.6. The Kier molecular flexibility index (Phi) is 5.14. The molecular weight excluding hydrogens is 282 g/mol. The van der Waals surface area contributed by atoms with Gasteiger partial charge >= 0.3 is 0 Å². The van der Waals surface area contributed by atoms with Crippen LogP contribution in [0.5, 0.6) is 11.5 Å². The standard InChI is InChI=1S/C17H17NO4/c1-12-9-15(21-2)7-8-16(12)18-17(20)10-13-3-5-14(6-4-13)22-11-19/h3-9,11H,10H2,1-2H3,(H,18,20). The van der Waals surface area contributed by atoms with Gasteiger partial charge in [-0.25, -0.2) is 0 Å². The van der Waals surface area contributed by atoms with Crippen LogP contribution in [0.2, 0.25) is 0 Å². The lowest BCUT2D eigenvalue weighted by Gasteiger charge is -2.10. The van der Waals surface area contributed by atoms with Gasteiger partial charge < -0.3 is 14.8 Å². The number of amides is 1. The zero-order valence-electron chi connectivity index (χ0n) is 12.5. The number of hydrogen-bond donors (Lipinski definition) is 1. The summed E-state index contributed by atoms with van der Waals surface area (Å²) in [7, 11) is 1.60. The molecule has 5 heteroatoms. The summed E-state index contributed by atoms with van der Waals surface area (Å²) in [6.07, 6.45) is 0.243. The van der Waals surface area contributed by atoms with Gasteiger partial charge in [0.25, 0.3) is 6.47 Å². The van der Waals surface area contributed by atoms with Crippen LogP contribution in [0.3, 0.4) is 0 Å². The lowest BCUT2D eigenvalue weighted by molar-refractivity contribution is -0.120. The number of ether oxygens (including phenoxy) is 2. The predicted octanol–water partition coefficient (Wildman–Crippen LogP) is 2.72. The van der Waals surface area contributed by atoms with Gasteiger partial charge in [0.1, 0.15) is 11.5 Å². The van der Waals surface area contributed by atoms with Crippen molar-refractivity contribution >= 4 is 18.1 Å². The fraction of sp³-hybridized carbons (Fsp3) is 0.176. The number of nitrogens with one attached hydrogen (secondary N) is 1. The van der Waals surface area contributed by atoms with Crippen molar-refractivity contribution in [3.05, 3.63) is 53.6 Å². The average molecular weight is 299 g/mol. The van der Waals surface area contributed by atoms with Crippen molar-refractivity contribution in [1.82, 2.24) is 0 Å². The maximum Gasteiger partial charge on any atom is 0.298 e. The van der Waals surface area contributed by atoms with E-state index in [2.05, 4.69) is 5.32 Å². The molecule has 0 unspecified atom stereocenters. The second kappa shape index (κ2) is 7.26. The van der Waals surface area contributed by atoms with Gasteiger partial charge in [-0.15, -0.1) is 0 Å². The summed E-state index contributed by atoms with van der Waals surface area (Å²) in [5, 5.41) is 2.87. The Balaban J connectivity index is 1.99. The summed E-state index contributed by atoms with van der Waals surface area (Å²) >= 11 is 0. The Morgan fingerprint density at radius 1 is 1.14 bits per heavy atom. The van der Waals surface area contributed by atoms with Crippen LogP contribution in [-0.4, -0.2) is 19.5 Å². The molecule has 0 aliphatic heterocycles. The third-order valence-electron chi connectivity index (χ3n) is 3.18. The molecule has 0 saturated carbocycles. The molecule has 1 amide bonds. The summed E-state index contributed by atoms with van der Waals surface area (Å²) < 4.78 is 9.84. The molecule has 0 spiro atoms. The summed E-state index contributed by atoms with van der Waals surface area (Å²) in [5.41, 5.74) is 2.52. The Bertz CT molecular complexity index is 665. The van der Waals surface area contributed by atoms with Gasteiger partial charge in [0.2, 0.25) is 5.91 Å². The molecule has 0 aliphatic carbocycles. The molecule has 2 rings (SSSR count). The quantitative estimate of drug-likeness (QED) is 0.833. The lowest BCUT2D eigenvalue weighted by Crippen LogP contribution is -2.15. The molecular formula is C17H17NO4. The van der Waals surface area contributed by atoms with Gasteiger partial charge in [0.15, 0.2) is 0 Å². The van der Waals surface area contributed by atoms with Crippen LogP contribution in [0, 0.1) is 6.92 Å². The zero-order valence-corrected chi connectivity index (χ0v) is 12.5. The fourth-order valence-electron chi connectivity index (χ4n) is 2.02. The van der Waals surface area contributed by atoms with Crippen LogP contribution in [0.15, 0.2) is 42.5 Å². The number of carbonyl (C=O) groups is 2. The first-order valence-electron chi connectivity index (χ1n) is 6.76. The zero-order chi connectivity index (χ0) is 15.9. The fourth-order valence-corrected chi connectivity index (χ4v) is 2.02. The lowest BCUT2D eigenvalue weighted by atomic mass is 10.1. The molecule has 2 aromatic rings. The van der Waals surface area contributed by atoms with Gasteiger partial charge in [-0.2, -0.15) is 0 Å². The van der Waals surface area contributed by atoms with Crippen LogP contribution in [0.4, 0.5) is 5.69 Å². The van der Waals surface area contributed by atoms with Crippen LogP contribution in [-0.2, 0) is 16.0 Å². The highest BCUT2D eigenvalue weighted by Gasteiger charge is 2.07. The van der Waals surface area contributed by atoms with E-state index in [1.54, 1.807) is 37.4 Å². The topological polar surface area (TPSA) is 64.6 Å². The number of benzene rings is 2. The van der Waals surface area contributed by atoms with E-state index >= 15 is 0 Å². The van der Waals surface area contributed by atoms with Gasteiger partial charge in [-0.05, 0) is 48.4 Å². The summed E-state index contributed by atoms with van der Waals surface area (Å²) in [6.45, 7) is 2.28. The first-order valence-corrected chi connectivity index (χ1v) is 6.76. The SMILES string of the molecule is COc1ccc(NC(=O)Cc2ccc(OC=O)cc2)c(C)c1. The second-order valence-electron chi connectivity index (χ2n) is 4.76. The number of carbonyl (C=O) groups excluding carboxylic acids is 2. The highest BCUT2D eigenvalue weighted by molar-refractivity contribution is 5.93. The van der Waals surface area contributed by atoms with E-state index in [-0.39, 0.29) is 12.3 Å². The second-order valence-corrected chi connectivity index (χ2v) is 4.76. The highest BCUT2D eigenvalue weighted by Crippen LogP contribution is 2.21. The summed E-state index contributed by atoms with van der Waals surface area (Å²) in [4.78, 5) is 22.3. The molecule has 0 aliphatic rings. The molecule has 0 bridgehead atoms. The van der Waals surface area contributed by atoms with E-state index in [9.17, 15) is 9.59 Å². The van der Waals surface area contributed by atoms with Crippen LogP contribution < -0.4 is 14.8 Å². The maximum atomic E-state index is 12.1. The summed E-state index contributed by atoms with van der Waals surface area (Å²) in [5.74, 6) is 1.09. The van der Waals surface area contributed by atoms with E-state index in [1.807, 2.05) is 19.1 Å². The van der Waals surface area contributed by atoms with Crippen molar-refractivity contribution in [2.24, 2.45) is 0 Å². The van der Waals surface area contributed by atoms with Crippen molar-refractivity contribution in [2.45, 2.75) is 13.3 Å². The van der Waals surface area contributed by atoms with E-state index in [4.69, 9.17) is 9.47 Å². The molecule has 0 fully saturated rings. The molecule has 0 saturated heterocycles. The molecule has 2 aromatic carbocycles. The minimum Gasteiger partial charge on any atom is -0.497 e. The average Bonchev–Trinajstić information content (AvgIpc) is 2.51. The van der Waals surface area contributed by atoms with Gasteiger partial charge in [0, 0.05) is 5.69 Å². The van der Waals surface area contributed by atoms with E-state index in [1.165, 1.54) is 0 Å². The molecule has 0 heterocycles. The molecule has 0 aromatic heterocycles. The van der Waals surface area contributed by atoms with Crippen LogP contribution in [0.1, 0.15) is 11.1 Å². The Labute approximate surface area is 128 Å². The Morgan fingerprint density at radius 2 is 1.82 bits per heavy atom. The molecule has 22 heavy (non-hydrogen) atoms. The number of aryl methyl sites for hydroxylation is 1. The molecule has 1 N–H and O–H groups in total. The third-order valence-corrected chi connectivity index (χ3v) is 3.18. The highest BCUT2D eigenvalue weighted by atomic mass is 16.5. The first kappa shape index (κ1) is 15.6. The largest absolute Gasteiger partial charge is 0.497 e. The van der Waals surface area contributed by atoms with Gasteiger partial charge in [-0.3, -0.25) is 9.59 Å². The molecule has 5 nitrogen and oxygen atoms in total. The number of hydrogen-bond acceptors (Lipinski definition) is 4. The smallest absolute Gasteiger partial charge is 0.298 e. The Morgan fingerprint density at radius 3 is 2.41 bits per heavy atom. The van der Waals surface area contributed by atoms with E-state index < -0.39 is 0 Å². The van der Waals surface area contributed by atoms with Crippen LogP contribution in [0.25, 0.3) is 0 Å². The van der Waals surface area contributed by atoms with Crippen molar-refractivity contribution in [2.75, 3.05) is 12.4 Å². The monoisotopic (exact) mass is 299 g/mol. The van der Waals surface area contributed by atoms with Crippen LogP contribution >= 0.6 is 0 Å². The maximum absolute atomic E-state index is 12.1. The van der Waals surface area contributed by atoms with Crippen molar-refractivity contribution in [3.63, 3.8) is 0 Å². The molecule has 0 radical (unpaired) electrons. The van der Waals surface area contributed by atoms with Crippen molar-refractivity contribution in [1.29, 1.82) is 0 Å². The van der Waals surface area contributed by atoms with E-state index in [0.717, 1.165) is 22.6 Å². The van der Waals surface area contributed by atoms with Gasteiger partial charge in [0.05, 0.1) is 13.5 Å². The Hall–Kier alpha value is -2.82. The predicted molar refractivity (Wildman–Crippen MR) is 83.2 cm³/mol. The minimum absolute atomic E-state index is 0.114. The number of anilines is 1. The third kappa shape index (κ3) is 4.09. The molecule has 114 valence electrons. The number of methoxy groups -OCH3 is 1. The molecule has 0 atom stereocenters. The van der Waals surface area contributed by atoms with Crippen molar-refractivity contribution in [3.8, 4) is 11.5 Å². The van der Waals surface area contributed by atoms with E-state index in [0.29, 0.717) is 12.2 Å². The minimum atomic E-state index is -0.114. The van der Waals surface area contributed by atoms with Crippen molar-refractivity contribution < 1.29 is 19.1 Å². The number of rotatable bonds is 6. The van der Waals surface area contributed by atoms with Gasteiger partial charge in [-0.1, -0.05) is 12.1 Å².